The molecule has 0 unspecified atom stereocenters. The second kappa shape index (κ2) is 10.3. The molecule has 4 rings (SSSR count). The number of rotatable bonds is 8. The van der Waals surface area contributed by atoms with Crippen molar-refractivity contribution in [1.29, 1.82) is 0 Å². The van der Waals surface area contributed by atoms with Crippen LogP contribution in [-0.4, -0.2) is 30.0 Å². The number of benzene rings is 3. The maximum atomic E-state index is 13.4. The first-order chi connectivity index (χ1) is 16.4. The molecular formula is C26H25N3O3S2. The van der Waals surface area contributed by atoms with Crippen molar-refractivity contribution in [2.45, 2.75) is 35.2 Å². The van der Waals surface area contributed by atoms with Gasteiger partial charge in [-0.1, -0.05) is 84.9 Å². The van der Waals surface area contributed by atoms with Crippen LogP contribution in [0.25, 0.3) is 11.4 Å². The topological polar surface area (TPSA) is 91.9 Å². The van der Waals surface area contributed by atoms with E-state index < -0.39 is 9.84 Å². The third-order valence-electron chi connectivity index (χ3n) is 5.30. The smallest absolute Gasteiger partial charge is 0.234 e. The summed E-state index contributed by atoms with van der Waals surface area (Å²) in [6.45, 7) is 4.00. The molecule has 1 amide bonds. The second-order valence-corrected chi connectivity index (χ2v) is 10.6. The van der Waals surface area contributed by atoms with Gasteiger partial charge in [-0.2, -0.15) is 0 Å². The molecule has 0 fully saturated rings. The molecule has 2 N–H and O–H groups in total. The van der Waals surface area contributed by atoms with Crippen LogP contribution < -0.4 is 5.32 Å². The molecule has 0 saturated carbocycles. The van der Waals surface area contributed by atoms with Gasteiger partial charge in [0.15, 0.2) is 5.03 Å². The third-order valence-corrected chi connectivity index (χ3v) is 8.13. The minimum absolute atomic E-state index is 0.0129. The van der Waals surface area contributed by atoms with Crippen molar-refractivity contribution in [2.24, 2.45) is 0 Å². The van der Waals surface area contributed by atoms with Gasteiger partial charge < -0.3 is 10.3 Å². The van der Waals surface area contributed by atoms with Crippen molar-refractivity contribution in [2.75, 3.05) is 11.1 Å². The molecular weight excluding hydrogens is 466 g/mol. The average molecular weight is 492 g/mol. The lowest BCUT2D eigenvalue weighted by Crippen LogP contribution is -2.15. The van der Waals surface area contributed by atoms with Gasteiger partial charge >= 0.3 is 0 Å². The molecule has 0 radical (unpaired) electrons. The van der Waals surface area contributed by atoms with Gasteiger partial charge in [0.1, 0.15) is 10.9 Å². The van der Waals surface area contributed by atoms with Crippen LogP contribution in [0, 0.1) is 6.92 Å². The van der Waals surface area contributed by atoms with Crippen LogP contribution in [0.2, 0.25) is 0 Å². The summed E-state index contributed by atoms with van der Waals surface area (Å²) >= 11 is 1.09. The van der Waals surface area contributed by atoms with Crippen molar-refractivity contribution in [3.8, 4) is 11.4 Å². The summed E-state index contributed by atoms with van der Waals surface area (Å²) in [6, 6.07) is 23.5. The molecule has 0 spiro atoms. The third kappa shape index (κ3) is 5.24. The number of nitrogens with one attached hydrogen (secondary N) is 2. The Hall–Kier alpha value is -3.36. The van der Waals surface area contributed by atoms with E-state index in [9.17, 15) is 13.2 Å². The fraction of sp³-hybridized carbons (Fsp3) is 0.154. The molecule has 0 saturated heterocycles. The van der Waals surface area contributed by atoms with Crippen LogP contribution in [-0.2, 0) is 21.1 Å². The Kier molecular flexibility index (Phi) is 7.19. The highest BCUT2D eigenvalue weighted by atomic mass is 32.2. The van der Waals surface area contributed by atoms with Crippen LogP contribution in [0.1, 0.15) is 18.1 Å². The fourth-order valence-corrected chi connectivity index (χ4v) is 5.90. The average Bonchev–Trinajstić information content (AvgIpc) is 3.29. The quantitative estimate of drug-likeness (QED) is 0.317. The Morgan fingerprint density at radius 2 is 1.65 bits per heavy atom. The van der Waals surface area contributed by atoms with E-state index in [0.29, 0.717) is 5.82 Å². The summed E-state index contributed by atoms with van der Waals surface area (Å²) in [5, 5.41) is 3.17. The summed E-state index contributed by atoms with van der Waals surface area (Å²) in [5.74, 6) is 0.232. The van der Waals surface area contributed by atoms with Crippen molar-refractivity contribution in [1.82, 2.24) is 9.97 Å². The SMILES string of the molecule is CCc1ccccc1NC(=O)CSc1nc(-c2ccc(C)cc2)[nH]c1S(=O)(=O)c1ccccc1. The van der Waals surface area contributed by atoms with E-state index in [2.05, 4.69) is 15.3 Å². The summed E-state index contributed by atoms with van der Waals surface area (Å²) in [6.07, 6.45) is 0.794. The number of aryl methyl sites for hydroxylation is 2. The largest absolute Gasteiger partial charge is 0.328 e. The van der Waals surface area contributed by atoms with Crippen molar-refractivity contribution in [3.63, 3.8) is 0 Å². The highest BCUT2D eigenvalue weighted by molar-refractivity contribution is 8.00. The molecule has 0 aliphatic carbocycles. The monoisotopic (exact) mass is 491 g/mol. The first-order valence-corrected chi connectivity index (χ1v) is 13.3. The van der Waals surface area contributed by atoms with Gasteiger partial charge in [-0.15, -0.1) is 0 Å². The maximum absolute atomic E-state index is 13.4. The molecule has 3 aromatic carbocycles. The summed E-state index contributed by atoms with van der Waals surface area (Å²) in [5.41, 5.74) is 3.65. The number of para-hydroxylation sites is 1. The molecule has 34 heavy (non-hydrogen) atoms. The van der Waals surface area contributed by atoms with Gasteiger partial charge in [-0.25, -0.2) is 13.4 Å². The lowest BCUT2D eigenvalue weighted by molar-refractivity contribution is -0.113. The van der Waals surface area contributed by atoms with Gasteiger partial charge in [0.2, 0.25) is 15.7 Å². The van der Waals surface area contributed by atoms with Crippen molar-refractivity contribution < 1.29 is 13.2 Å². The normalized spacial score (nSPS) is 11.4. The molecule has 0 aliphatic rings. The first-order valence-electron chi connectivity index (χ1n) is 10.9. The maximum Gasteiger partial charge on any atom is 0.234 e. The standard InChI is InChI=1S/C26H25N3O3S2/c1-3-19-9-7-8-12-22(19)27-23(30)17-33-25-26(34(31,32)21-10-5-4-6-11-21)29-24(28-25)20-15-13-18(2)14-16-20/h4-16H,3,17H2,1-2H3,(H,27,30)(H,28,29). The van der Waals surface area contributed by atoms with Gasteiger partial charge in [0.25, 0.3) is 0 Å². The van der Waals surface area contributed by atoms with E-state index in [1.807, 2.05) is 62.4 Å². The Labute approximate surface area is 203 Å². The highest BCUT2D eigenvalue weighted by Gasteiger charge is 2.26. The van der Waals surface area contributed by atoms with E-state index >= 15 is 0 Å². The van der Waals surface area contributed by atoms with E-state index in [1.165, 1.54) is 0 Å². The predicted octanol–water partition coefficient (Wildman–Crippen LogP) is 5.51. The minimum Gasteiger partial charge on any atom is -0.328 e. The number of carbonyl (C=O) groups is 1. The highest BCUT2D eigenvalue weighted by Crippen LogP contribution is 2.32. The molecule has 174 valence electrons. The summed E-state index contributed by atoms with van der Waals surface area (Å²) in [7, 11) is -3.85. The van der Waals surface area contributed by atoms with Gasteiger partial charge in [0.05, 0.1) is 10.6 Å². The summed E-state index contributed by atoms with van der Waals surface area (Å²) < 4.78 is 26.8. The van der Waals surface area contributed by atoms with Crippen LogP contribution in [0.3, 0.4) is 0 Å². The zero-order valence-corrected chi connectivity index (χ0v) is 20.5. The van der Waals surface area contributed by atoms with Crippen LogP contribution >= 0.6 is 11.8 Å². The number of amides is 1. The molecule has 6 nitrogen and oxygen atoms in total. The Bertz CT molecular complexity index is 1400. The number of hydrogen-bond acceptors (Lipinski definition) is 5. The zero-order valence-electron chi connectivity index (χ0n) is 18.9. The van der Waals surface area contributed by atoms with E-state index in [1.54, 1.807) is 30.3 Å². The molecule has 8 heteroatoms. The molecule has 0 aliphatic heterocycles. The van der Waals surface area contributed by atoms with Crippen molar-refractivity contribution >= 4 is 33.2 Å². The van der Waals surface area contributed by atoms with E-state index in [0.717, 1.165) is 40.6 Å². The number of nitrogens with zero attached hydrogens (tertiary/aromatic N) is 1. The fourth-order valence-electron chi connectivity index (χ4n) is 3.46. The molecule has 1 heterocycles. The molecule has 0 atom stereocenters. The van der Waals surface area contributed by atoms with Gasteiger partial charge in [-0.05, 0) is 37.1 Å². The number of H-pyrrole nitrogens is 1. The van der Waals surface area contributed by atoms with Crippen LogP contribution in [0.5, 0.6) is 0 Å². The lowest BCUT2D eigenvalue weighted by atomic mass is 10.1. The van der Waals surface area contributed by atoms with Crippen LogP contribution in [0.4, 0.5) is 5.69 Å². The second-order valence-electron chi connectivity index (χ2n) is 7.75. The number of sulfone groups is 1. The number of imidazole rings is 1. The molecule has 0 bridgehead atoms. The Morgan fingerprint density at radius 1 is 0.971 bits per heavy atom. The molecule has 1 aromatic heterocycles. The van der Waals surface area contributed by atoms with Gasteiger partial charge in [-0.3, -0.25) is 4.79 Å². The minimum atomic E-state index is -3.85. The first kappa shape index (κ1) is 23.8. The zero-order chi connectivity index (χ0) is 24.1. The van der Waals surface area contributed by atoms with E-state index in [-0.39, 0.29) is 26.6 Å². The lowest BCUT2D eigenvalue weighted by Gasteiger charge is -2.09. The number of aromatic nitrogens is 2. The Morgan fingerprint density at radius 3 is 2.35 bits per heavy atom. The van der Waals surface area contributed by atoms with Crippen molar-refractivity contribution in [3.05, 3.63) is 90.0 Å². The molecule has 4 aromatic rings. The predicted molar refractivity (Wildman–Crippen MR) is 136 cm³/mol. The number of anilines is 1. The number of carbonyl (C=O) groups excluding carboxylic acids is 1. The van der Waals surface area contributed by atoms with Gasteiger partial charge in [0, 0.05) is 11.3 Å². The number of aromatic amines is 1. The van der Waals surface area contributed by atoms with Crippen LogP contribution in [0.15, 0.2) is 93.8 Å². The number of thioether (sulfide) groups is 1. The summed E-state index contributed by atoms with van der Waals surface area (Å²) in [4.78, 5) is 20.4. The van der Waals surface area contributed by atoms with E-state index in [4.69, 9.17) is 0 Å². The number of hydrogen-bond donors (Lipinski definition) is 2. The Balaban J connectivity index is 1.64.